The van der Waals surface area contributed by atoms with Crippen molar-refractivity contribution in [1.29, 1.82) is 0 Å². The fraction of sp³-hybridized carbons (Fsp3) is 0.571. The Bertz CT molecular complexity index is 528. The summed E-state index contributed by atoms with van der Waals surface area (Å²) in [6.07, 6.45) is 4.92. The number of aromatic nitrogens is 2. The first-order valence-corrected chi connectivity index (χ1v) is 6.57. The molecule has 0 saturated heterocycles. The van der Waals surface area contributed by atoms with E-state index in [9.17, 15) is 0 Å². The molecule has 3 heterocycles. The highest BCUT2D eigenvalue weighted by atomic mass is 16.5. The minimum atomic E-state index is 0.298. The molecule has 2 atom stereocenters. The Hall–Kier alpha value is -1.58. The van der Waals surface area contributed by atoms with E-state index in [1.807, 2.05) is 6.92 Å². The maximum Gasteiger partial charge on any atom is 0.220 e. The van der Waals surface area contributed by atoms with E-state index in [2.05, 4.69) is 30.1 Å². The molecule has 2 aliphatic rings. The van der Waals surface area contributed by atoms with Crippen molar-refractivity contribution in [3.05, 3.63) is 34.9 Å². The molecular formula is C14H18N2O2. The maximum absolute atomic E-state index is 5.84. The first-order valence-electron chi connectivity index (χ1n) is 6.57. The molecule has 96 valence electrons. The standard InChI is InChI=1S/C14H18N2O2/c1-4-11-6-10-5-8(2)14-16-15-13(18-14)7-12(10)9(3)17-11/h6,8,10H,4-5,7H2,1-3H3. The zero-order valence-corrected chi connectivity index (χ0v) is 11.1. The highest BCUT2D eigenvalue weighted by Gasteiger charge is 2.29. The van der Waals surface area contributed by atoms with Crippen LogP contribution >= 0.6 is 0 Å². The Kier molecular flexibility index (Phi) is 2.73. The lowest BCUT2D eigenvalue weighted by atomic mass is 9.84. The van der Waals surface area contributed by atoms with Crippen LogP contribution in [0.2, 0.25) is 0 Å². The third-order valence-electron chi connectivity index (χ3n) is 3.77. The monoisotopic (exact) mass is 246 g/mol. The molecule has 3 rings (SSSR count). The van der Waals surface area contributed by atoms with Gasteiger partial charge in [0.05, 0.1) is 12.2 Å². The normalized spacial score (nSPS) is 26.9. The minimum absolute atomic E-state index is 0.298. The molecule has 0 saturated carbocycles. The van der Waals surface area contributed by atoms with Gasteiger partial charge in [-0.1, -0.05) is 13.8 Å². The van der Waals surface area contributed by atoms with Crippen LogP contribution < -0.4 is 0 Å². The maximum atomic E-state index is 5.84. The first kappa shape index (κ1) is 11.5. The second-order valence-electron chi connectivity index (χ2n) is 5.12. The highest BCUT2D eigenvalue weighted by molar-refractivity contribution is 5.27. The quantitative estimate of drug-likeness (QED) is 0.762. The van der Waals surface area contributed by atoms with Crippen LogP contribution in [0, 0.1) is 5.92 Å². The van der Waals surface area contributed by atoms with Crippen LogP contribution in [0.5, 0.6) is 0 Å². The van der Waals surface area contributed by atoms with E-state index < -0.39 is 0 Å². The average molecular weight is 246 g/mol. The number of fused-ring (bicyclic) bond motifs is 3. The van der Waals surface area contributed by atoms with Gasteiger partial charge in [-0.2, -0.15) is 0 Å². The van der Waals surface area contributed by atoms with Crippen molar-refractivity contribution in [2.24, 2.45) is 5.92 Å². The van der Waals surface area contributed by atoms with Gasteiger partial charge in [0.25, 0.3) is 0 Å². The molecule has 2 unspecified atom stereocenters. The Labute approximate surface area is 107 Å². The molecule has 0 aliphatic carbocycles. The molecule has 2 aliphatic heterocycles. The molecule has 0 fully saturated rings. The van der Waals surface area contributed by atoms with Crippen molar-refractivity contribution >= 4 is 0 Å². The summed E-state index contributed by atoms with van der Waals surface area (Å²) in [5.74, 6) is 4.28. The topological polar surface area (TPSA) is 48.2 Å². The summed E-state index contributed by atoms with van der Waals surface area (Å²) < 4.78 is 11.5. The van der Waals surface area contributed by atoms with Crippen LogP contribution in [-0.2, 0) is 11.2 Å². The van der Waals surface area contributed by atoms with E-state index in [1.165, 1.54) is 5.57 Å². The van der Waals surface area contributed by atoms with E-state index in [-0.39, 0.29) is 0 Å². The second kappa shape index (κ2) is 4.26. The molecule has 0 N–H and O–H groups in total. The van der Waals surface area contributed by atoms with Gasteiger partial charge in [0.2, 0.25) is 11.8 Å². The number of rotatable bonds is 1. The van der Waals surface area contributed by atoms with Gasteiger partial charge in [-0.15, -0.1) is 10.2 Å². The fourth-order valence-electron chi connectivity index (χ4n) is 2.72. The first-order chi connectivity index (χ1) is 8.67. The van der Waals surface area contributed by atoms with Crippen LogP contribution in [0.25, 0.3) is 0 Å². The van der Waals surface area contributed by atoms with Gasteiger partial charge in [-0.25, -0.2) is 0 Å². The predicted octanol–water partition coefficient (Wildman–Crippen LogP) is 3.33. The van der Waals surface area contributed by atoms with Gasteiger partial charge in [-0.3, -0.25) is 0 Å². The van der Waals surface area contributed by atoms with Crippen molar-refractivity contribution in [3.8, 4) is 0 Å². The summed E-state index contributed by atoms with van der Waals surface area (Å²) in [4.78, 5) is 0. The zero-order valence-electron chi connectivity index (χ0n) is 11.1. The Balaban J connectivity index is 2.01. The Morgan fingerprint density at radius 3 is 3.00 bits per heavy atom. The van der Waals surface area contributed by atoms with Gasteiger partial charge in [-0.05, 0) is 25.0 Å². The largest absolute Gasteiger partial charge is 0.467 e. The van der Waals surface area contributed by atoms with Crippen molar-refractivity contribution in [3.63, 3.8) is 0 Å². The number of hydrogen-bond acceptors (Lipinski definition) is 4. The smallest absolute Gasteiger partial charge is 0.220 e. The molecule has 0 aromatic carbocycles. The number of allylic oxidation sites excluding steroid dienone is 4. The van der Waals surface area contributed by atoms with E-state index in [4.69, 9.17) is 9.15 Å². The number of hydrogen-bond donors (Lipinski definition) is 0. The van der Waals surface area contributed by atoms with Crippen molar-refractivity contribution in [2.75, 3.05) is 0 Å². The summed E-state index contributed by atoms with van der Waals surface area (Å²) in [6, 6.07) is 0. The van der Waals surface area contributed by atoms with Crippen LogP contribution in [-0.4, -0.2) is 10.2 Å². The molecule has 1 aromatic rings. The molecule has 0 amide bonds. The van der Waals surface area contributed by atoms with E-state index in [0.29, 0.717) is 24.1 Å². The molecule has 18 heavy (non-hydrogen) atoms. The molecular weight excluding hydrogens is 228 g/mol. The minimum Gasteiger partial charge on any atom is -0.467 e. The zero-order chi connectivity index (χ0) is 12.7. The Morgan fingerprint density at radius 2 is 2.22 bits per heavy atom. The van der Waals surface area contributed by atoms with Gasteiger partial charge in [0.1, 0.15) is 5.76 Å². The number of ether oxygens (including phenoxy) is 1. The van der Waals surface area contributed by atoms with E-state index in [0.717, 1.165) is 30.3 Å². The lowest BCUT2D eigenvalue weighted by Gasteiger charge is -2.27. The highest BCUT2D eigenvalue weighted by Crippen LogP contribution is 2.38. The average Bonchev–Trinajstić information content (AvgIpc) is 2.81. The lowest BCUT2D eigenvalue weighted by Crippen LogP contribution is -2.17. The Morgan fingerprint density at radius 1 is 1.39 bits per heavy atom. The van der Waals surface area contributed by atoms with Gasteiger partial charge in [0, 0.05) is 18.3 Å². The van der Waals surface area contributed by atoms with Gasteiger partial charge >= 0.3 is 0 Å². The van der Waals surface area contributed by atoms with E-state index in [1.54, 1.807) is 0 Å². The van der Waals surface area contributed by atoms with E-state index >= 15 is 0 Å². The summed E-state index contributed by atoms with van der Waals surface area (Å²) in [6.45, 7) is 6.30. The van der Waals surface area contributed by atoms with Crippen LogP contribution in [0.15, 0.2) is 27.6 Å². The molecule has 0 spiro atoms. The summed E-state index contributed by atoms with van der Waals surface area (Å²) in [5.41, 5.74) is 1.29. The molecule has 0 radical (unpaired) electrons. The lowest BCUT2D eigenvalue weighted by molar-refractivity contribution is 0.260. The van der Waals surface area contributed by atoms with Gasteiger partial charge in [0.15, 0.2) is 0 Å². The fourth-order valence-corrected chi connectivity index (χ4v) is 2.72. The van der Waals surface area contributed by atoms with Crippen LogP contribution in [0.1, 0.15) is 51.3 Å². The summed E-state index contributed by atoms with van der Waals surface area (Å²) >= 11 is 0. The predicted molar refractivity (Wildman–Crippen MR) is 66.7 cm³/mol. The van der Waals surface area contributed by atoms with Gasteiger partial charge < -0.3 is 9.15 Å². The SMILES string of the molecule is CCC1=CC2CC(C)c3nnc(o3)CC2=C(C)O1. The molecule has 4 heteroatoms. The summed E-state index contributed by atoms with van der Waals surface area (Å²) in [5, 5.41) is 8.22. The third-order valence-corrected chi connectivity index (χ3v) is 3.77. The van der Waals surface area contributed by atoms with Crippen molar-refractivity contribution < 1.29 is 9.15 Å². The summed E-state index contributed by atoms with van der Waals surface area (Å²) in [7, 11) is 0. The van der Waals surface area contributed by atoms with Crippen LogP contribution in [0.4, 0.5) is 0 Å². The molecule has 1 aromatic heterocycles. The van der Waals surface area contributed by atoms with Crippen molar-refractivity contribution in [2.45, 2.75) is 46.0 Å². The van der Waals surface area contributed by atoms with Crippen LogP contribution in [0.3, 0.4) is 0 Å². The number of nitrogens with zero attached hydrogens (tertiary/aromatic N) is 2. The second-order valence-corrected chi connectivity index (χ2v) is 5.12. The molecule has 2 bridgehead atoms. The third kappa shape index (κ3) is 1.85. The molecule has 4 nitrogen and oxygen atoms in total. The van der Waals surface area contributed by atoms with Crippen molar-refractivity contribution in [1.82, 2.24) is 10.2 Å².